The third-order valence-corrected chi connectivity index (χ3v) is 3.89. The quantitative estimate of drug-likeness (QED) is 0.831. The lowest BCUT2D eigenvalue weighted by atomic mass is 10.0. The Kier molecular flexibility index (Phi) is 4.50. The fourth-order valence-corrected chi connectivity index (χ4v) is 2.75. The number of rotatable bonds is 2. The molecule has 1 fully saturated rings. The molecule has 1 aromatic carbocycles. The van der Waals surface area contributed by atoms with Crippen molar-refractivity contribution in [3.8, 4) is 5.75 Å². The summed E-state index contributed by atoms with van der Waals surface area (Å²) in [6.07, 6.45) is 0. The van der Waals surface area contributed by atoms with Crippen LogP contribution in [0.1, 0.15) is 28.4 Å². The van der Waals surface area contributed by atoms with Gasteiger partial charge in [-0.25, -0.2) is 0 Å². The summed E-state index contributed by atoms with van der Waals surface area (Å²) in [5, 5.41) is 0. The molecule has 2 amide bonds. The number of aryl methyl sites for hydroxylation is 2. The van der Waals surface area contributed by atoms with Crippen LogP contribution in [0.2, 0.25) is 0 Å². The predicted octanol–water partition coefficient (Wildman–Crippen LogP) is 1.62. The molecular weight excluding hydrogens is 268 g/mol. The van der Waals surface area contributed by atoms with Crippen LogP contribution in [-0.4, -0.2) is 54.9 Å². The lowest BCUT2D eigenvalue weighted by Crippen LogP contribution is -2.50. The summed E-state index contributed by atoms with van der Waals surface area (Å²) in [6.45, 7) is 7.78. The van der Waals surface area contributed by atoms with Crippen molar-refractivity contribution in [1.29, 1.82) is 0 Å². The van der Waals surface area contributed by atoms with E-state index in [4.69, 9.17) is 4.74 Å². The average Bonchev–Trinajstić information content (AvgIpc) is 2.45. The number of ether oxygens (including phenoxy) is 1. The molecule has 1 heterocycles. The molecule has 0 atom stereocenters. The van der Waals surface area contributed by atoms with E-state index in [0.29, 0.717) is 37.5 Å². The van der Waals surface area contributed by atoms with Crippen molar-refractivity contribution < 1.29 is 14.3 Å². The van der Waals surface area contributed by atoms with Crippen molar-refractivity contribution in [2.24, 2.45) is 0 Å². The Morgan fingerprint density at radius 1 is 1.05 bits per heavy atom. The molecule has 1 aromatic rings. The minimum absolute atomic E-state index is 0.0208. The van der Waals surface area contributed by atoms with E-state index in [2.05, 4.69) is 0 Å². The highest BCUT2D eigenvalue weighted by molar-refractivity contribution is 5.98. The highest BCUT2D eigenvalue weighted by atomic mass is 16.5. The number of methoxy groups -OCH3 is 1. The van der Waals surface area contributed by atoms with E-state index in [1.54, 1.807) is 23.8 Å². The van der Waals surface area contributed by atoms with Crippen LogP contribution in [0.5, 0.6) is 5.75 Å². The van der Waals surface area contributed by atoms with Gasteiger partial charge in [0.15, 0.2) is 0 Å². The Balaban J connectivity index is 2.20. The van der Waals surface area contributed by atoms with Crippen LogP contribution in [0.3, 0.4) is 0 Å². The molecule has 0 saturated carbocycles. The van der Waals surface area contributed by atoms with E-state index >= 15 is 0 Å². The number of amides is 2. The molecule has 1 aliphatic heterocycles. The SMILES string of the molecule is COc1cc(C)cc(C)c1C(=O)N1CCN(C(C)=O)CC1. The monoisotopic (exact) mass is 290 g/mol. The Morgan fingerprint density at radius 3 is 2.14 bits per heavy atom. The molecule has 5 heteroatoms. The molecule has 0 aromatic heterocycles. The second kappa shape index (κ2) is 6.16. The molecule has 0 unspecified atom stereocenters. The molecule has 0 radical (unpaired) electrons. The van der Waals surface area contributed by atoms with E-state index in [1.165, 1.54) is 0 Å². The van der Waals surface area contributed by atoms with Crippen molar-refractivity contribution in [3.05, 3.63) is 28.8 Å². The van der Waals surface area contributed by atoms with Gasteiger partial charge in [-0.2, -0.15) is 0 Å². The summed E-state index contributed by atoms with van der Waals surface area (Å²) in [7, 11) is 1.58. The van der Waals surface area contributed by atoms with Crippen LogP contribution in [0, 0.1) is 13.8 Å². The van der Waals surface area contributed by atoms with Crippen LogP contribution in [0.15, 0.2) is 12.1 Å². The van der Waals surface area contributed by atoms with Gasteiger partial charge in [-0.05, 0) is 31.0 Å². The van der Waals surface area contributed by atoms with Crippen LogP contribution in [0.4, 0.5) is 0 Å². The first-order valence-electron chi connectivity index (χ1n) is 7.14. The molecule has 0 N–H and O–H groups in total. The van der Waals surface area contributed by atoms with Gasteiger partial charge in [0, 0.05) is 33.1 Å². The fraction of sp³-hybridized carbons (Fsp3) is 0.500. The minimum Gasteiger partial charge on any atom is -0.496 e. The first-order valence-corrected chi connectivity index (χ1v) is 7.14. The first-order chi connectivity index (χ1) is 9.93. The van der Waals surface area contributed by atoms with E-state index in [-0.39, 0.29) is 11.8 Å². The summed E-state index contributed by atoms with van der Waals surface area (Å²) < 4.78 is 5.37. The molecular formula is C16H22N2O3. The lowest BCUT2D eigenvalue weighted by molar-refractivity contribution is -0.130. The standard InChI is InChI=1S/C16H22N2O3/c1-11-9-12(2)15(14(10-11)21-4)16(20)18-7-5-17(6-8-18)13(3)19/h9-10H,5-8H2,1-4H3. The minimum atomic E-state index is -0.0208. The largest absolute Gasteiger partial charge is 0.496 e. The van der Waals surface area contributed by atoms with Crippen LogP contribution in [-0.2, 0) is 4.79 Å². The number of benzene rings is 1. The van der Waals surface area contributed by atoms with Gasteiger partial charge >= 0.3 is 0 Å². The van der Waals surface area contributed by atoms with Gasteiger partial charge in [0.05, 0.1) is 12.7 Å². The predicted molar refractivity (Wildman–Crippen MR) is 80.6 cm³/mol. The Bertz CT molecular complexity index is 561. The molecule has 21 heavy (non-hydrogen) atoms. The number of carbonyl (C=O) groups excluding carboxylic acids is 2. The van der Waals surface area contributed by atoms with E-state index in [0.717, 1.165) is 11.1 Å². The molecule has 2 rings (SSSR count). The molecule has 0 aliphatic carbocycles. The Labute approximate surface area is 125 Å². The van der Waals surface area contributed by atoms with Gasteiger partial charge in [0.25, 0.3) is 5.91 Å². The Hall–Kier alpha value is -2.04. The normalized spacial score (nSPS) is 15.0. The molecule has 114 valence electrons. The second-order valence-electron chi connectivity index (χ2n) is 5.46. The van der Waals surface area contributed by atoms with E-state index < -0.39 is 0 Å². The molecule has 0 spiro atoms. The Morgan fingerprint density at radius 2 is 1.62 bits per heavy atom. The van der Waals surface area contributed by atoms with Gasteiger partial charge in [0.2, 0.25) is 5.91 Å². The van der Waals surface area contributed by atoms with Crippen LogP contribution in [0.25, 0.3) is 0 Å². The molecule has 0 bridgehead atoms. The van der Waals surface area contributed by atoms with Gasteiger partial charge in [-0.15, -0.1) is 0 Å². The number of piperazine rings is 1. The second-order valence-corrected chi connectivity index (χ2v) is 5.46. The smallest absolute Gasteiger partial charge is 0.258 e. The summed E-state index contributed by atoms with van der Waals surface area (Å²) >= 11 is 0. The van der Waals surface area contributed by atoms with E-state index in [9.17, 15) is 9.59 Å². The van der Waals surface area contributed by atoms with Gasteiger partial charge in [-0.3, -0.25) is 9.59 Å². The summed E-state index contributed by atoms with van der Waals surface area (Å²) in [5.74, 6) is 0.658. The first kappa shape index (κ1) is 15.4. The average molecular weight is 290 g/mol. The number of carbonyl (C=O) groups is 2. The third-order valence-electron chi connectivity index (χ3n) is 3.89. The summed E-state index contributed by atoms with van der Waals surface area (Å²) in [4.78, 5) is 27.6. The molecule has 5 nitrogen and oxygen atoms in total. The fourth-order valence-electron chi connectivity index (χ4n) is 2.75. The molecule has 1 aliphatic rings. The zero-order valence-corrected chi connectivity index (χ0v) is 13.1. The van der Waals surface area contributed by atoms with Crippen molar-refractivity contribution in [1.82, 2.24) is 9.80 Å². The van der Waals surface area contributed by atoms with Crippen molar-refractivity contribution in [2.75, 3.05) is 33.3 Å². The maximum absolute atomic E-state index is 12.7. The maximum Gasteiger partial charge on any atom is 0.258 e. The van der Waals surface area contributed by atoms with Crippen LogP contribution >= 0.6 is 0 Å². The van der Waals surface area contributed by atoms with Crippen LogP contribution < -0.4 is 4.74 Å². The van der Waals surface area contributed by atoms with Crippen molar-refractivity contribution in [2.45, 2.75) is 20.8 Å². The van der Waals surface area contributed by atoms with Gasteiger partial charge in [0.1, 0.15) is 5.75 Å². The number of hydrogen-bond acceptors (Lipinski definition) is 3. The summed E-state index contributed by atoms with van der Waals surface area (Å²) in [5.41, 5.74) is 2.62. The number of nitrogens with zero attached hydrogens (tertiary/aromatic N) is 2. The van der Waals surface area contributed by atoms with E-state index in [1.807, 2.05) is 26.0 Å². The zero-order chi connectivity index (χ0) is 15.6. The number of hydrogen-bond donors (Lipinski definition) is 0. The van der Waals surface area contributed by atoms with Gasteiger partial charge < -0.3 is 14.5 Å². The maximum atomic E-state index is 12.7. The lowest BCUT2D eigenvalue weighted by Gasteiger charge is -2.34. The summed E-state index contributed by atoms with van der Waals surface area (Å²) in [6, 6.07) is 3.87. The third kappa shape index (κ3) is 3.17. The topological polar surface area (TPSA) is 49.9 Å². The molecule has 1 saturated heterocycles. The van der Waals surface area contributed by atoms with Crippen molar-refractivity contribution in [3.63, 3.8) is 0 Å². The van der Waals surface area contributed by atoms with Crippen molar-refractivity contribution >= 4 is 11.8 Å². The highest BCUT2D eigenvalue weighted by Gasteiger charge is 2.26. The highest BCUT2D eigenvalue weighted by Crippen LogP contribution is 2.26. The zero-order valence-electron chi connectivity index (χ0n) is 13.1. The van der Waals surface area contributed by atoms with Gasteiger partial charge in [-0.1, -0.05) is 6.07 Å².